The monoisotopic (exact) mass is 206 g/mol. The van der Waals surface area contributed by atoms with E-state index in [0.717, 1.165) is 0 Å². The molecule has 0 aliphatic rings. The number of hydrogen-bond acceptors (Lipinski definition) is 5. The van der Waals surface area contributed by atoms with E-state index in [1.807, 2.05) is 0 Å². The first kappa shape index (κ1) is 18.6. The smallest absolute Gasteiger partial charge is 0.832 e. The van der Waals surface area contributed by atoms with Gasteiger partial charge in [-0.05, 0) is 0 Å². The first-order valence-electron chi connectivity index (χ1n) is 2.40. The number of carboxylic acid groups (broad SMARTS) is 2. The van der Waals surface area contributed by atoms with E-state index in [1.54, 1.807) is 0 Å². The molecule has 70 valence electrons. The average molecular weight is 206 g/mol. The van der Waals surface area contributed by atoms with Crippen molar-refractivity contribution in [3.05, 3.63) is 0 Å². The molecule has 0 fully saturated rings. The van der Waals surface area contributed by atoms with Gasteiger partial charge in [0.2, 0.25) is 0 Å². The van der Waals surface area contributed by atoms with Crippen molar-refractivity contribution in [2.45, 2.75) is 6.17 Å². The van der Waals surface area contributed by atoms with E-state index in [1.165, 1.54) is 0 Å². The molecule has 10 heteroatoms. The molecule has 0 aromatic rings. The Bertz CT molecular complexity index is 147. The van der Waals surface area contributed by atoms with E-state index in [-0.39, 0.29) is 29.6 Å². The van der Waals surface area contributed by atoms with Gasteiger partial charge >= 0.3 is 48.8 Å². The Kier molecular flexibility index (Phi) is 14.1. The van der Waals surface area contributed by atoms with Gasteiger partial charge in [0, 0.05) is 0 Å². The van der Waals surface area contributed by atoms with Crippen molar-refractivity contribution in [2.75, 3.05) is 0 Å². The second kappa shape index (κ2) is 9.90. The standard InChI is InChI=1S/C3H3FO4.BH2O3.Na/c4-1(2(5)6)3(7)8;2-1(3)4;/h1H,(H,5,6)(H,7,8);2-3H;/q;-1;+1. The molecule has 0 aromatic carbocycles. The van der Waals surface area contributed by atoms with E-state index < -0.39 is 25.4 Å². The molecular formula is C3H5BFNaO7. The normalized spacial score (nSPS) is 7.77. The SMILES string of the molecule is O=C(O)C(F)C(=O)O.[Na+].[O-]B(O)O. The van der Waals surface area contributed by atoms with Gasteiger partial charge in [-0.2, -0.15) is 0 Å². The van der Waals surface area contributed by atoms with E-state index in [2.05, 4.69) is 0 Å². The van der Waals surface area contributed by atoms with E-state index in [9.17, 15) is 14.0 Å². The summed E-state index contributed by atoms with van der Waals surface area (Å²) < 4.78 is 11.4. The van der Waals surface area contributed by atoms with Crippen molar-refractivity contribution in [2.24, 2.45) is 0 Å². The topological polar surface area (TPSA) is 138 Å². The van der Waals surface area contributed by atoms with Crippen molar-refractivity contribution in [3.8, 4) is 0 Å². The van der Waals surface area contributed by atoms with Gasteiger partial charge in [0.1, 0.15) is 0 Å². The number of carboxylic acids is 2. The van der Waals surface area contributed by atoms with Crippen LogP contribution in [-0.2, 0) is 9.59 Å². The summed E-state index contributed by atoms with van der Waals surface area (Å²) in [6.45, 7) is 0. The molecule has 0 saturated carbocycles. The molecule has 0 atom stereocenters. The minimum Gasteiger partial charge on any atom is -0.832 e. The van der Waals surface area contributed by atoms with Crippen molar-refractivity contribution in [1.82, 2.24) is 0 Å². The van der Waals surface area contributed by atoms with Gasteiger partial charge in [-0.25, -0.2) is 14.0 Å². The summed E-state index contributed by atoms with van der Waals surface area (Å²) in [6, 6.07) is 0. The molecule has 0 rings (SSSR count). The van der Waals surface area contributed by atoms with Gasteiger partial charge in [0.25, 0.3) is 6.17 Å². The molecule has 7 nitrogen and oxygen atoms in total. The minimum absolute atomic E-state index is 0. The zero-order chi connectivity index (χ0) is 10.3. The molecule has 0 aliphatic heterocycles. The molecule has 0 spiro atoms. The second-order valence-electron chi connectivity index (χ2n) is 1.37. The average Bonchev–Trinajstić information content (AvgIpc) is 1.84. The molecule has 0 aliphatic carbocycles. The third kappa shape index (κ3) is 18.6. The predicted octanol–water partition coefficient (Wildman–Crippen LogP) is -6.19. The fourth-order valence-electron chi connectivity index (χ4n) is 0.106. The van der Waals surface area contributed by atoms with Crippen LogP contribution in [0.3, 0.4) is 0 Å². The zero-order valence-corrected chi connectivity index (χ0v) is 8.55. The van der Waals surface area contributed by atoms with Crippen LogP contribution in [0.2, 0.25) is 0 Å². The maximum absolute atomic E-state index is 11.4. The number of carbonyl (C=O) groups is 2. The second-order valence-corrected chi connectivity index (χ2v) is 1.37. The molecule has 0 aromatic heterocycles. The molecule has 0 bridgehead atoms. The van der Waals surface area contributed by atoms with Gasteiger partial charge in [0.15, 0.2) is 0 Å². The van der Waals surface area contributed by atoms with Crippen LogP contribution in [-0.4, -0.2) is 45.7 Å². The van der Waals surface area contributed by atoms with Crippen molar-refractivity contribution in [3.63, 3.8) is 0 Å². The summed E-state index contributed by atoms with van der Waals surface area (Å²) in [5, 5.41) is 37.9. The van der Waals surface area contributed by atoms with Crippen LogP contribution in [0.15, 0.2) is 0 Å². The van der Waals surface area contributed by atoms with Crippen LogP contribution in [0.1, 0.15) is 0 Å². The Morgan fingerprint density at radius 2 is 1.38 bits per heavy atom. The zero-order valence-electron chi connectivity index (χ0n) is 6.55. The van der Waals surface area contributed by atoms with Gasteiger partial charge in [-0.15, -0.1) is 0 Å². The molecule has 0 radical (unpaired) electrons. The largest absolute Gasteiger partial charge is 1.00 e. The number of rotatable bonds is 2. The molecular weight excluding hydrogens is 201 g/mol. The molecule has 4 N–H and O–H groups in total. The molecule has 0 heterocycles. The molecule has 0 amide bonds. The quantitative estimate of drug-likeness (QED) is 0.260. The fraction of sp³-hybridized carbons (Fsp3) is 0.333. The number of aliphatic carboxylic acids is 2. The number of halogens is 1. The third-order valence-electron chi connectivity index (χ3n) is 0.434. The number of alkyl halides is 1. The number of hydrogen-bond donors (Lipinski definition) is 4. The fourth-order valence-corrected chi connectivity index (χ4v) is 0.106. The first-order chi connectivity index (χ1) is 5.29. The summed E-state index contributed by atoms with van der Waals surface area (Å²) in [6.07, 6.45) is -2.80. The molecule has 13 heavy (non-hydrogen) atoms. The maximum atomic E-state index is 11.4. The Morgan fingerprint density at radius 1 is 1.23 bits per heavy atom. The van der Waals surface area contributed by atoms with Crippen molar-refractivity contribution < 1.29 is 68.8 Å². The van der Waals surface area contributed by atoms with Gasteiger partial charge in [-0.1, -0.05) is 0 Å². The summed E-state index contributed by atoms with van der Waals surface area (Å²) in [7, 11) is -2.42. The van der Waals surface area contributed by atoms with Crippen molar-refractivity contribution in [1.29, 1.82) is 0 Å². The van der Waals surface area contributed by atoms with Gasteiger partial charge in [0.05, 0.1) is 0 Å². The molecule has 0 unspecified atom stereocenters. The Morgan fingerprint density at radius 3 is 1.38 bits per heavy atom. The van der Waals surface area contributed by atoms with Crippen molar-refractivity contribution >= 4 is 19.3 Å². The Labute approximate surface area is 94.3 Å². The van der Waals surface area contributed by atoms with E-state index in [0.29, 0.717) is 0 Å². The third-order valence-corrected chi connectivity index (χ3v) is 0.434. The summed E-state index contributed by atoms with van der Waals surface area (Å²) in [5.74, 6) is -3.95. The van der Waals surface area contributed by atoms with E-state index >= 15 is 0 Å². The maximum Gasteiger partial charge on any atom is 1.00 e. The van der Waals surface area contributed by atoms with Crippen LogP contribution in [0, 0.1) is 0 Å². The summed E-state index contributed by atoms with van der Waals surface area (Å²) >= 11 is 0. The first-order valence-corrected chi connectivity index (χ1v) is 2.40. The summed E-state index contributed by atoms with van der Waals surface area (Å²) in [5.41, 5.74) is 0. The Hall–Kier alpha value is -0.185. The van der Waals surface area contributed by atoms with Crippen LogP contribution in [0.25, 0.3) is 0 Å². The Balaban J connectivity index is -0.000000173. The molecule has 0 saturated heterocycles. The predicted molar refractivity (Wildman–Crippen MR) is 30.4 cm³/mol. The summed E-state index contributed by atoms with van der Waals surface area (Å²) in [4.78, 5) is 18.8. The minimum atomic E-state index is -2.80. The van der Waals surface area contributed by atoms with Gasteiger partial charge < -0.3 is 25.3 Å². The van der Waals surface area contributed by atoms with Crippen LogP contribution in [0.4, 0.5) is 4.39 Å². The van der Waals surface area contributed by atoms with Gasteiger partial charge in [-0.3, -0.25) is 0 Å². The van der Waals surface area contributed by atoms with Crippen LogP contribution in [0.5, 0.6) is 0 Å². The van der Waals surface area contributed by atoms with Crippen LogP contribution < -0.4 is 34.6 Å². The van der Waals surface area contributed by atoms with Crippen LogP contribution >= 0.6 is 0 Å². The van der Waals surface area contributed by atoms with E-state index in [4.69, 9.17) is 25.3 Å².